The minimum Gasteiger partial charge on any atom is -0.370 e. The lowest BCUT2D eigenvalue weighted by molar-refractivity contribution is 0.424. The van der Waals surface area contributed by atoms with E-state index in [9.17, 15) is 8.42 Å². The number of guanidine groups is 1. The second-order valence-corrected chi connectivity index (χ2v) is 7.95. The van der Waals surface area contributed by atoms with Gasteiger partial charge in [-0.15, -0.1) is 24.0 Å². The molecule has 0 bridgehead atoms. The average Bonchev–Trinajstić information content (AvgIpc) is 2.63. The number of nitrogens with two attached hydrogens (primary N) is 1. The summed E-state index contributed by atoms with van der Waals surface area (Å²) in [6.07, 6.45) is 6.61. The van der Waals surface area contributed by atoms with Crippen LogP contribution in [0.5, 0.6) is 0 Å². The van der Waals surface area contributed by atoms with Crippen molar-refractivity contribution in [3.63, 3.8) is 0 Å². The molecule has 2 saturated heterocycles. The van der Waals surface area contributed by atoms with Crippen molar-refractivity contribution in [3.8, 4) is 0 Å². The fraction of sp³-hybridized carbons (Fsp3) is 0.923. The molecule has 2 fully saturated rings. The lowest BCUT2D eigenvalue weighted by Gasteiger charge is -2.23. The summed E-state index contributed by atoms with van der Waals surface area (Å²) in [6, 6.07) is 0. The fourth-order valence-electron chi connectivity index (χ4n) is 2.88. The lowest BCUT2D eigenvalue weighted by Crippen LogP contribution is -2.38. The third-order valence-corrected chi connectivity index (χ3v) is 5.89. The summed E-state index contributed by atoms with van der Waals surface area (Å²) < 4.78 is 23.1. The largest absolute Gasteiger partial charge is 0.370 e. The molecule has 0 radical (unpaired) electrons. The van der Waals surface area contributed by atoms with E-state index in [4.69, 9.17) is 5.73 Å². The summed E-state index contributed by atoms with van der Waals surface area (Å²) in [6.45, 7) is 2.53. The van der Waals surface area contributed by atoms with Gasteiger partial charge in [0.05, 0.1) is 11.5 Å². The van der Waals surface area contributed by atoms with Crippen molar-refractivity contribution in [2.45, 2.75) is 38.5 Å². The number of aliphatic imine (C=N–C) groups is 1. The molecule has 0 aromatic carbocycles. The summed E-state index contributed by atoms with van der Waals surface area (Å²) in [4.78, 5) is 6.58. The third kappa shape index (κ3) is 5.75. The summed E-state index contributed by atoms with van der Waals surface area (Å²) in [5.41, 5.74) is 6.03. The van der Waals surface area contributed by atoms with Crippen molar-refractivity contribution in [2.24, 2.45) is 16.6 Å². The Morgan fingerprint density at radius 3 is 2.40 bits per heavy atom. The van der Waals surface area contributed by atoms with Crippen molar-refractivity contribution in [2.75, 3.05) is 31.1 Å². The van der Waals surface area contributed by atoms with E-state index >= 15 is 0 Å². The highest BCUT2D eigenvalue weighted by Crippen LogP contribution is 2.18. The molecule has 2 aliphatic heterocycles. The molecular formula is C13H26IN3O2S. The standard InChI is InChI=1S/C13H25N3O2S.HI/c14-13(16-7-3-1-2-4-8-16)15-10-12-6-5-9-19(17,18)11-12;/h12H,1-11H2,(H2,14,15);1H. The molecule has 0 aromatic heterocycles. The van der Waals surface area contributed by atoms with Crippen molar-refractivity contribution in [1.82, 2.24) is 4.90 Å². The predicted octanol–water partition coefficient (Wildman–Crippen LogP) is 1.62. The number of rotatable bonds is 2. The second kappa shape index (κ2) is 8.41. The van der Waals surface area contributed by atoms with Gasteiger partial charge in [0.15, 0.2) is 15.8 Å². The van der Waals surface area contributed by atoms with Gasteiger partial charge in [-0.3, -0.25) is 4.99 Å². The highest BCUT2D eigenvalue weighted by Gasteiger charge is 2.24. The molecule has 2 rings (SSSR count). The van der Waals surface area contributed by atoms with Crippen LogP contribution >= 0.6 is 24.0 Å². The molecule has 0 spiro atoms. The molecule has 1 unspecified atom stereocenters. The van der Waals surface area contributed by atoms with E-state index in [1.807, 2.05) is 0 Å². The first kappa shape index (κ1) is 18.0. The molecule has 118 valence electrons. The summed E-state index contributed by atoms with van der Waals surface area (Å²) in [7, 11) is -2.83. The molecule has 0 saturated carbocycles. The van der Waals surface area contributed by atoms with Gasteiger partial charge in [0, 0.05) is 19.6 Å². The van der Waals surface area contributed by atoms with Gasteiger partial charge in [0.1, 0.15) is 0 Å². The van der Waals surface area contributed by atoms with Gasteiger partial charge in [-0.1, -0.05) is 12.8 Å². The van der Waals surface area contributed by atoms with Gasteiger partial charge >= 0.3 is 0 Å². The Labute approximate surface area is 139 Å². The molecule has 0 aliphatic carbocycles. The fourth-order valence-corrected chi connectivity index (χ4v) is 4.65. The third-order valence-electron chi connectivity index (χ3n) is 4.00. The quantitative estimate of drug-likeness (QED) is 0.423. The van der Waals surface area contributed by atoms with Crippen molar-refractivity contribution >= 4 is 39.8 Å². The van der Waals surface area contributed by atoms with E-state index in [0.717, 1.165) is 25.9 Å². The SMILES string of the molecule is I.NC(=NCC1CCCS(=O)(=O)C1)N1CCCCCC1. The summed E-state index contributed by atoms with van der Waals surface area (Å²) in [5.74, 6) is 1.38. The first-order chi connectivity index (χ1) is 9.07. The van der Waals surface area contributed by atoms with Gasteiger partial charge in [0.25, 0.3) is 0 Å². The smallest absolute Gasteiger partial charge is 0.191 e. The summed E-state index contributed by atoms with van der Waals surface area (Å²) >= 11 is 0. The monoisotopic (exact) mass is 415 g/mol. The maximum absolute atomic E-state index is 11.6. The number of sulfone groups is 1. The van der Waals surface area contributed by atoms with Crippen LogP contribution < -0.4 is 5.73 Å². The van der Waals surface area contributed by atoms with E-state index in [1.54, 1.807) is 0 Å². The molecule has 7 heteroatoms. The molecule has 0 aromatic rings. The maximum atomic E-state index is 11.6. The Hall–Kier alpha value is -0.0500. The number of nitrogens with zero attached hydrogens (tertiary/aromatic N) is 2. The zero-order valence-corrected chi connectivity index (χ0v) is 15.1. The van der Waals surface area contributed by atoms with E-state index < -0.39 is 9.84 Å². The second-order valence-electron chi connectivity index (χ2n) is 5.72. The lowest BCUT2D eigenvalue weighted by atomic mass is 10.1. The Balaban J connectivity index is 0.00000200. The minimum atomic E-state index is -2.83. The van der Waals surface area contributed by atoms with E-state index in [2.05, 4.69) is 9.89 Å². The normalized spacial score (nSPS) is 27.5. The highest BCUT2D eigenvalue weighted by atomic mass is 127. The number of hydrogen-bond donors (Lipinski definition) is 1. The van der Waals surface area contributed by atoms with Crippen LogP contribution in [0.25, 0.3) is 0 Å². The number of likely N-dealkylation sites (tertiary alicyclic amines) is 1. The van der Waals surface area contributed by atoms with Crippen LogP contribution in [0.2, 0.25) is 0 Å². The first-order valence-corrected chi connectivity index (χ1v) is 9.14. The molecule has 5 nitrogen and oxygen atoms in total. The Bertz CT molecular complexity index is 417. The van der Waals surface area contributed by atoms with Crippen molar-refractivity contribution in [1.29, 1.82) is 0 Å². The molecule has 2 N–H and O–H groups in total. The van der Waals surface area contributed by atoms with Crippen LogP contribution in [0.15, 0.2) is 4.99 Å². The van der Waals surface area contributed by atoms with Gasteiger partial charge in [-0.25, -0.2) is 8.42 Å². The van der Waals surface area contributed by atoms with Gasteiger partial charge in [-0.05, 0) is 31.6 Å². The first-order valence-electron chi connectivity index (χ1n) is 7.32. The molecular weight excluding hydrogens is 389 g/mol. The van der Waals surface area contributed by atoms with Gasteiger partial charge in [0.2, 0.25) is 0 Å². The zero-order chi connectivity index (χ0) is 13.7. The Morgan fingerprint density at radius 2 is 1.80 bits per heavy atom. The van der Waals surface area contributed by atoms with Crippen LogP contribution in [0.3, 0.4) is 0 Å². The average molecular weight is 415 g/mol. The molecule has 2 heterocycles. The molecule has 0 amide bonds. The number of halogens is 1. The van der Waals surface area contributed by atoms with Gasteiger partial charge in [-0.2, -0.15) is 0 Å². The molecule has 1 atom stereocenters. The van der Waals surface area contributed by atoms with Crippen LogP contribution in [-0.4, -0.2) is 50.4 Å². The van der Waals surface area contributed by atoms with Crippen LogP contribution in [0, 0.1) is 5.92 Å². The Morgan fingerprint density at radius 1 is 1.15 bits per heavy atom. The highest BCUT2D eigenvalue weighted by molar-refractivity contribution is 14.0. The van der Waals surface area contributed by atoms with Crippen LogP contribution in [0.4, 0.5) is 0 Å². The van der Waals surface area contributed by atoms with Crippen molar-refractivity contribution in [3.05, 3.63) is 0 Å². The van der Waals surface area contributed by atoms with Crippen LogP contribution in [-0.2, 0) is 9.84 Å². The molecule has 2 aliphatic rings. The van der Waals surface area contributed by atoms with E-state index in [1.165, 1.54) is 25.7 Å². The zero-order valence-electron chi connectivity index (χ0n) is 12.0. The maximum Gasteiger partial charge on any atom is 0.191 e. The summed E-state index contributed by atoms with van der Waals surface area (Å²) in [5, 5.41) is 0. The van der Waals surface area contributed by atoms with Crippen LogP contribution in [0.1, 0.15) is 38.5 Å². The van der Waals surface area contributed by atoms with E-state index in [0.29, 0.717) is 18.3 Å². The molecule has 20 heavy (non-hydrogen) atoms. The van der Waals surface area contributed by atoms with Crippen molar-refractivity contribution < 1.29 is 8.42 Å². The minimum absolute atomic E-state index is 0. The topological polar surface area (TPSA) is 75.8 Å². The Kier molecular flexibility index (Phi) is 7.57. The number of hydrogen-bond acceptors (Lipinski definition) is 3. The predicted molar refractivity (Wildman–Crippen MR) is 93.3 cm³/mol. The van der Waals surface area contributed by atoms with E-state index in [-0.39, 0.29) is 35.6 Å². The van der Waals surface area contributed by atoms with Gasteiger partial charge < -0.3 is 10.6 Å².